The molecule has 1 heterocycles. The lowest BCUT2D eigenvalue weighted by Gasteiger charge is -2.16. The van der Waals surface area contributed by atoms with E-state index in [4.69, 9.17) is 9.84 Å². The van der Waals surface area contributed by atoms with Gasteiger partial charge in [0.15, 0.2) is 0 Å². The number of hydrogen-bond acceptors (Lipinski definition) is 6. The van der Waals surface area contributed by atoms with Gasteiger partial charge in [-0.05, 0) is 30.9 Å². The lowest BCUT2D eigenvalue weighted by Crippen LogP contribution is -2.31. The number of methoxy groups -OCH3 is 1. The van der Waals surface area contributed by atoms with Gasteiger partial charge in [0.05, 0.1) is 37.2 Å². The van der Waals surface area contributed by atoms with Crippen molar-refractivity contribution in [3.05, 3.63) is 35.5 Å². The van der Waals surface area contributed by atoms with E-state index < -0.39 is 5.97 Å². The normalized spacial score (nSPS) is 17.0. The van der Waals surface area contributed by atoms with Crippen molar-refractivity contribution in [2.75, 3.05) is 44.0 Å². The van der Waals surface area contributed by atoms with E-state index in [0.717, 1.165) is 17.9 Å². The molecular weight excluding hydrogens is 322 g/mol. The first-order valence-electron chi connectivity index (χ1n) is 8.45. The van der Waals surface area contributed by atoms with Crippen LogP contribution in [0.3, 0.4) is 0 Å². The number of hydrogen-bond donors (Lipinski definition) is 3. The second kappa shape index (κ2) is 7.57. The van der Waals surface area contributed by atoms with Crippen molar-refractivity contribution in [2.45, 2.75) is 12.8 Å². The summed E-state index contributed by atoms with van der Waals surface area (Å²) in [5, 5.41) is 15.6. The molecule has 0 aromatic heterocycles. The van der Waals surface area contributed by atoms with E-state index in [-0.39, 0.29) is 36.9 Å². The zero-order valence-electron chi connectivity index (χ0n) is 14.2. The van der Waals surface area contributed by atoms with Crippen LogP contribution < -0.4 is 10.6 Å². The Bertz CT molecular complexity index is 697. The number of aliphatic hydroxyl groups is 1. The monoisotopic (exact) mass is 345 g/mol. The largest absolute Gasteiger partial charge is 0.466 e. The summed E-state index contributed by atoms with van der Waals surface area (Å²) >= 11 is 0. The van der Waals surface area contributed by atoms with Crippen LogP contribution in [0.2, 0.25) is 0 Å². The van der Waals surface area contributed by atoms with Gasteiger partial charge in [0, 0.05) is 13.1 Å². The minimum Gasteiger partial charge on any atom is -0.466 e. The molecule has 2 aliphatic rings. The Morgan fingerprint density at radius 2 is 2.04 bits per heavy atom. The van der Waals surface area contributed by atoms with Gasteiger partial charge in [-0.25, -0.2) is 4.79 Å². The lowest BCUT2D eigenvalue weighted by molar-refractivity contribution is -0.136. The van der Waals surface area contributed by atoms with Gasteiger partial charge in [-0.1, -0.05) is 12.1 Å². The number of esters is 1. The summed E-state index contributed by atoms with van der Waals surface area (Å²) < 4.78 is 4.80. The summed E-state index contributed by atoms with van der Waals surface area (Å²) in [5.41, 5.74) is 2.11. The molecule has 0 radical (unpaired) electrons. The van der Waals surface area contributed by atoms with E-state index in [1.165, 1.54) is 24.9 Å². The van der Waals surface area contributed by atoms with Crippen molar-refractivity contribution in [3.63, 3.8) is 0 Å². The number of nitrogens with zero attached hydrogens (tertiary/aromatic N) is 1. The summed E-state index contributed by atoms with van der Waals surface area (Å²) in [7, 11) is 1.29. The number of nitrogens with one attached hydrogen (secondary N) is 2. The minimum atomic E-state index is -0.542. The average molecular weight is 345 g/mol. The highest BCUT2D eigenvalue weighted by atomic mass is 16.5. The molecule has 0 bridgehead atoms. The summed E-state index contributed by atoms with van der Waals surface area (Å²) in [6.45, 7) is 1.04. The molecular formula is C18H23N3O4. The molecule has 0 unspecified atom stereocenters. The van der Waals surface area contributed by atoms with E-state index in [9.17, 15) is 9.59 Å². The third-order valence-corrected chi connectivity index (χ3v) is 4.42. The highest BCUT2D eigenvalue weighted by Crippen LogP contribution is 2.31. The fourth-order valence-corrected chi connectivity index (χ4v) is 2.81. The fourth-order valence-electron chi connectivity index (χ4n) is 2.81. The van der Waals surface area contributed by atoms with Crippen LogP contribution in [-0.4, -0.2) is 55.2 Å². The molecule has 0 spiro atoms. The molecule has 1 fully saturated rings. The van der Waals surface area contributed by atoms with Crippen LogP contribution in [0.4, 0.5) is 11.4 Å². The number of β-amino-alcohol motifs (C(OH)–C–C–N with tert-alkyl or cyclic N) is 1. The van der Waals surface area contributed by atoms with Gasteiger partial charge in [-0.2, -0.15) is 0 Å². The van der Waals surface area contributed by atoms with E-state index in [1.807, 2.05) is 24.3 Å². The van der Waals surface area contributed by atoms with Gasteiger partial charge in [-0.3, -0.25) is 4.79 Å². The zero-order chi connectivity index (χ0) is 17.8. The number of carbonyl (C=O) groups excluding carboxylic acids is 2. The van der Waals surface area contributed by atoms with Crippen LogP contribution in [0.15, 0.2) is 35.5 Å². The lowest BCUT2D eigenvalue weighted by atomic mass is 10.2. The topological polar surface area (TPSA) is 90.9 Å². The Kier molecular flexibility index (Phi) is 5.23. The van der Waals surface area contributed by atoms with Crippen LogP contribution in [-0.2, 0) is 14.3 Å². The highest BCUT2D eigenvalue weighted by molar-refractivity contribution is 6.09. The standard InChI is InChI=1S/C18H23N3O4/c1-25-18(24)13-11-21(8-9-22)17(23)16(13)20-15-5-3-2-4-14(15)19-10-12-6-7-12/h2-5,12,19-20,22H,6-11H2,1H3. The minimum absolute atomic E-state index is 0.131. The summed E-state index contributed by atoms with van der Waals surface area (Å²) in [5.74, 6) is -0.141. The Morgan fingerprint density at radius 1 is 1.32 bits per heavy atom. The number of rotatable bonds is 8. The van der Waals surface area contributed by atoms with Crippen molar-refractivity contribution in [2.24, 2.45) is 5.92 Å². The van der Waals surface area contributed by atoms with Crippen LogP contribution in [0, 0.1) is 5.92 Å². The molecule has 1 amide bonds. The maximum atomic E-state index is 12.6. The van der Waals surface area contributed by atoms with E-state index in [1.54, 1.807) is 0 Å². The molecule has 1 aliphatic carbocycles. The number of amides is 1. The number of aliphatic hydroxyl groups excluding tert-OH is 1. The maximum Gasteiger partial charge on any atom is 0.337 e. The van der Waals surface area contributed by atoms with Gasteiger partial charge in [0.2, 0.25) is 0 Å². The number of benzene rings is 1. The Morgan fingerprint density at radius 3 is 2.68 bits per heavy atom. The van der Waals surface area contributed by atoms with Crippen LogP contribution in [0.5, 0.6) is 0 Å². The second-order valence-electron chi connectivity index (χ2n) is 6.29. The summed E-state index contributed by atoms with van der Waals surface area (Å²) in [4.78, 5) is 26.1. The molecule has 3 rings (SSSR count). The number of para-hydroxylation sites is 2. The van der Waals surface area contributed by atoms with E-state index in [2.05, 4.69) is 10.6 Å². The van der Waals surface area contributed by atoms with E-state index in [0.29, 0.717) is 5.92 Å². The number of ether oxygens (including phenoxy) is 1. The average Bonchev–Trinajstić information content (AvgIpc) is 3.41. The van der Waals surface area contributed by atoms with Crippen molar-refractivity contribution in [1.29, 1.82) is 0 Å². The fraction of sp³-hybridized carbons (Fsp3) is 0.444. The molecule has 1 aromatic carbocycles. The predicted molar refractivity (Wildman–Crippen MR) is 94.0 cm³/mol. The second-order valence-corrected chi connectivity index (χ2v) is 6.29. The molecule has 7 heteroatoms. The van der Waals surface area contributed by atoms with Gasteiger partial charge in [0.1, 0.15) is 5.70 Å². The van der Waals surface area contributed by atoms with Gasteiger partial charge in [-0.15, -0.1) is 0 Å². The smallest absolute Gasteiger partial charge is 0.337 e. The molecule has 3 N–H and O–H groups in total. The maximum absolute atomic E-state index is 12.6. The van der Waals surface area contributed by atoms with Crippen LogP contribution in [0.25, 0.3) is 0 Å². The summed E-state index contributed by atoms with van der Waals surface area (Å²) in [6.07, 6.45) is 2.49. The molecule has 7 nitrogen and oxygen atoms in total. The first kappa shape index (κ1) is 17.3. The Hall–Kier alpha value is -2.54. The molecule has 1 aromatic rings. The van der Waals surface area contributed by atoms with Crippen LogP contribution >= 0.6 is 0 Å². The van der Waals surface area contributed by atoms with Gasteiger partial charge < -0.3 is 25.4 Å². The molecule has 0 atom stereocenters. The molecule has 134 valence electrons. The Labute approximate surface area is 146 Å². The molecule has 1 aliphatic heterocycles. The first-order valence-corrected chi connectivity index (χ1v) is 8.45. The van der Waals surface area contributed by atoms with Crippen molar-refractivity contribution in [3.8, 4) is 0 Å². The highest BCUT2D eigenvalue weighted by Gasteiger charge is 2.34. The first-order chi connectivity index (χ1) is 12.1. The number of anilines is 2. The summed E-state index contributed by atoms with van der Waals surface area (Å²) in [6, 6.07) is 7.59. The van der Waals surface area contributed by atoms with Crippen molar-refractivity contribution >= 4 is 23.3 Å². The SMILES string of the molecule is COC(=O)C1=C(Nc2ccccc2NCC2CC2)C(=O)N(CCO)C1. The van der Waals surface area contributed by atoms with Gasteiger partial charge >= 0.3 is 5.97 Å². The molecule has 0 saturated heterocycles. The van der Waals surface area contributed by atoms with Crippen molar-refractivity contribution < 1.29 is 19.4 Å². The predicted octanol–water partition coefficient (Wildman–Crippen LogP) is 1.18. The van der Waals surface area contributed by atoms with E-state index >= 15 is 0 Å². The zero-order valence-corrected chi connectivity index (χ0v) is 14.2. The van der Waals surface area contributed by atoms with Crippen LogP contribution in [0.1, 0.15) is 12.8 Å². The molecule has 25 heavy (non-hydrogen) atoms. The third kappa shape index (κ3) is 3.93. The quantitative estimate of drug-likeness (QED) is 0.613. The van der Waals surface area contributed by atoms with Crippen molar-refractivity contribution in [1.82, 2.24) is 4.90 Å². The molecule has 1 saturated carbocycles. The Balaban J connectivity index is 1.83. The third-order valence-electron chi connectivity index (χ3n) is 4.42. The number of carbonyl (C=O) groups is 2. The van der Waals surface area contributed by atoms with Gasteiger partial charge in [0.25, 0.3) is 5.91 Å².